The molecule has 2 rings (SSSR count). The Labute approximate surface area is 128 Å². The van der Waals surface area contributed by atoms with Gasteiger partial charge in [-0.3, -0.25) is 19.3 Å². The lowest BCUT2D eigenvalue weighted by Gasteiger charge is -2.22. The first-order chi connectivity index (χ1) is 10.5. The molecule has 7 heteroatoms. The summed E-state index contributed by atoms with van der Waals surface area (Å²) in [6.07, 6.45) is 0. The van der Waals surface area contributed by atoms with Gasteiger partial charge >= 0.3 is 11.9 Å². The Morgan fingerprint density at radius 2 is 2.05 bits per heavy atom. The number of nitrogens with zero attached hydrogens (tertiary/aromatic N) is 2. The highest BCUT2D eigenvalue weighted by molar-refractivity contribution is 5.98. The van der Waals surface area contributed by atoms with Gasteiger partial charge in [0, 0.05) is 25.2 Å². The summed E-state index contributed by atoms with van der Waals surface area (Å²) in [6, 6.07) is 7.37. The van der Waals surface area contributed by atoms with Crippen LogP contribution < -0.4 is 0 Å². The van der Waals surface area contributed by atoms with Crippen LogP contribution in [0.5, 0.6) is 0 Å². The highest BCUT2D eigenvalue weighted by atomic mass is 16.5. The molecule has 0 aromatic heterocycles. The predicted octanol–water partition coefficient (Wildman–Crippen LogP) is 0.202. The number of methoxy groups -OCH3 is 1. The molecular weight excluding hydrogens is 288 g/mol. The van der Waals surface area contributed by atoms with E-state index in [-0.39, 0.29) is 19.0 Å². The van der Waals surface area contributed by atoms with Crippen molar-refractivity contribution in [2.75, 3.05) is 33.3 Å². The van der Waals surface area contributed by atoms with Gasteiger partial charge in [-0.2, -0.15) is 0 Å². The summed E-state index contributed by atoms with van der Waals surface area (Å²) in [5.41, 5.74) is 1.64. The summed E-state index contributed by atoms with van der Waals surface area (Å²) >= 11 is 0. The van der Waals surface area contributed by atoms with Gasteiger partial charge in [-0.25, -0.2) is 0 Å². The fraction of sp³-hybridized carbons (Fsp3) is 0.400. The fourth-order valence-electron chi connectivity index (χ4n) is 2.41. The summed E-state index contributed by atoms with van der Waals surface area (Å²) in [4.78, 5) is 37.5. The Bertz CT molecular complexity index is 587. The lowest BCUT2D eigenvalue weighted by atomic mass is 10.1. The number of carboxylic acids is 1. The molecule has 0 aliphatic carbocycles. The van der Waals surface area contributed by atoms with E-state index in [0.717, 1.165) is 5.56 Å². The van der Waals surface area contributed by atoms with E-state index in [1.165, 1.54) is 12.0 Å². The molecule has 1 heterocycles. The molecule has 118 valence electrons. The normalized spacial score (nSPS) is 13.4. The molecule has 1 amide bonds. The summed E-state index contributed by atoms with van der Waals surface area (Å²) in [5.74, 6) is -1.60. The Morgan fingerprint density at radius 3 is 2.68 bits per heavy atom. The minimum atomic E-state index is -1.03. The molecule has 1 aliphatic heterocycles. The standard InChI is InChI=1S/C15H18N2O5/c1-22-14(20)10-16(9-13(18)19)6-7-17-8-11-4-2-3-5-12(11)15(17)21/h2-5H,6-10H2,1H3,(H,18,19). The smallest absolute Gasteiger partial charge is 0.319 e. The van der Waals surface area contributed by atoms with Crippen molar-refractivity contribution in [3.63, 3.8) is 0 Å². The van der Waals surface area contributed by atoms with Crippen LogP contribution in [0, 0.1) is 0 Å². The third-order valence-corrected chi connectivity index (χ3v) is 3.52. The lowest BCUT2D eigenvalue weighted by Crippen LogP contribution is -2.40. The molecule has 0 spiro atoms. The van der Waals surface area contributed by atoms with Crippen LogP contribution in [-0.2, 0) is 20.9 Å². The molecule has 1 N–H and O–H groups in total. The number of esters is 1. The van der Waals surface area contributed by atoms with Gasteiger partial charge in [0.2, 0.25) is 0 Å². The number of ether oxygens (including phenoxy) is 1. The van der Waals surface area contributed by atoms with Crippen molar-refractivity contribution < 1.29 is 24.2 Å². The maximum atomic E-state index is 12.2. The van der Waals surface area contributed by atoms with E-state index >= 15 is 0 Å². The SMILES string of the molecule is COC(=O)CN(CCN1Cc2ccccc2C1=O)CC(=O)O. The number of fused-ring (bicyclic) bond motifs is 1. The zero-order chi connectivity index (χ0) is 16.1. The molecule has 0 unspecified atom stereocenters. The maximum Gasteiger partial charge on any atom is 0.319 e. The first kappa shape index (κ1) is 16.0. The molecule has 0 atom stereocenters. The molecule has 0 fully saturated rings. The number of rotatable bonds is 7. The Kier molecular flexibility index (Phi) is 5.11. The van der Waals surface area contributed by atoms with Crippen molar-refractivity contribution >= 4 is 17.8 Å². The van der Waals surface area contributed by atoms with E-state index in [0.29, 0.717) is 25.2 Å². The van der Waals surface area contributed by atoms with E-state index < -0.39 is 11.9 Å². The second-order valence-electron chi connectivity index (χ2n) is 5.06. The number of hydrogen-bond acceptors (Lipinski definition) is 5. The van der Waals surface area contributed by atoms with Crippen LogP contribution in [0.25, 0.3) is 0 Å². The topological polar surface area (TPSA) is 87.2 Å². The number of amides is 1. The largest absolute Gasteiger partial charge is 0.480 e. The summed E-state index contributed by atoms with van der Waals surface area (Å²) in [6.45, 7) is 0.773. The first-order valence-electron chi connectivity index (χ1n) is 6.89. The molecule has 0 bridgehead atoms. The zero-order valence-corrected chi connectivity index (χ0v) is 12.3. The van der Waals surface area contributed by atoms with E-state index in [2.05, 4.69) is 4.74 Å². The Hall–Kier alpha value is -2.41. The van der Waals surface area contributed by atoms with Gasteiger partial charge in [0.05, 0.1) is 20.2 Å². The third-order valence-electron chi connectivity index (χ3n) is 3.52. The van der Waals surface area contributed by atoms with Crippen molar-refractivity contribution in [3.8, 4) is 0 Å². The van der Waals surface area contributed by atoms with Gasteiger partial charge in [0.25, 0.3) is 5.91 Å². The van der Waals surface area contributed by atoms with Gasteiger partial charge in [-0.1, -0.05) is 18.2 Å². The summed E-state index contributed by atoms with van der Waals surface area (Å²) in [7, 11) is 1.25. The van der Waals surface area contributed by atoms with Gasteiger partial charge < -0.3 is 14.7 Å². The minimum absolute atomic E-state index is 0.0658. The highest BCUT2D eigenvalue weighted by Gasteiger charge is 2.27. The van der Waals surface area contributed by atoms with Crippen LogP contribution in [0.4, 0.5) is 0 Å². The van der Waals surface area contributed by atoms with E-state index in [4.69, 9.17) is 5.11 Å². The molecule has 1 aromatic carbocycles. The molecule has 7 nitrogen and oxygen atoms in total. The maximum absolute atomic E-state index is 12.2. The Balaban J connectivity index is 1.94. The van der Waals surface area contributed by atoms with Crippen LogP contribution >= 0.6 is 0 Å². The average molecular weight is 306 g/mol. The quantitative estimate of drug-likeness (QED) is 0.724. The van der Waals surface area contributed by atoms with Crippen molar-refractivity contribution in [2.24, 2.45) is 0 Å². The second kappa shape index (κ2) is 7.04. The molecular formula is C15H18N2O5. The monoisotopic (exact) mass is 306 g/mol. The van der Waals surface area contributed by atoms with Gasteiger partial charge in [-0.05, 0) is 11.6 Å². The molecule has 0 saturated carbocycles. The molecule has 1 aliphatic rings. The molecule has 0 saturated heterocycles. The zero-order valence-electron chi connectivity index (χ0n) is 12.3. The van der Waals surface area contributed by atoms with Crippen LogP contribution in [-0.4, -0.2) is 66.0 Å². The molecule has 1 aromatic rings. The highest BCUT2D eigenvalue weighted by Crippen LogP contribution is 2.21. The van der Waals surface area contributed by atoms with Crippen LogP contribution in [0.1, 0.15) is 15.9 Å². The van der Waals surface area contributed by atoms with E-state index in [1.807, 2.05) is 18.2 Å². The van der Waals surface area contributed by atoms with Crippen molar-refractivity contribution in [1.82, 2.24) is 9.80 Å². The predicted molar refractivity (Wildman–Crippen MR) is 77.3 cm³/mol. The molecule has 22 heavy (non-hydrogen) atoms. The van der Waals surface area contributed by atoms with Gasteiger partial charge in [0.15, 0.2) is 0 Å². The number of carboxylic acid groups (broad SMARTS) is 1. The summed E-state index contributed by atoms with van der Waals surface area (Å²) in [5, 5.41) is 8.88. The van der Waals surface area contributed by atoms with Gasteiger partial charge in [0.1, 0.15) is 0 Å². The fourth-order valence-corrected chi connectivity index (χ4v) is 2.41. The van der Waals surface area contributed by atoms with Gasteiger partial charge in [-0.15, -0.1) is 0 Å². The van der Waals surface area contributed by atoms with Crippen molar-refractivity contribution in [2.45, 2.75) is 6.54 Å². The number of carbonyl (C=O) groups is 3. The Morgan fingerprint density at radius 1 is 1.32 bits per heavy atom. The number of aliphatic carboxylic acids is 1. The summed E-state index contributed by atoms with van der Waals surface area (Å²) < 4.78 is 4.55. The third kappa shape index (κ3) is 3.82. The van der Waals surface area contributed by atoms with Crippen molar-refractivity contribution in [1.29, 1.82) is 0 Å². The number of hydrogen-bond donors (Lipinski definition) is 1. The van der Waals surface area contributed by atoms with Crippen LogP contribution in [0.2, 0.25) is 0 Å². The van der Waals surface area contributed by atoms with Crippen LogP contribution in [0.15, 0.2) is 24.3 Å². The molecule has 0 radical (unpaired) electrons. The first-order valence-corrected chi connectivity index (χ1v) is 6.89. The van der Waals surface area contributed by atoms with E-state index in [9.17, 15) is 14.4 Å². The van der Waals surface area contributed by atoms with Crippen LogP contribution in [0.3, 0.4) is 0 Å². The lowest BCUT2D eigenvalue weighted by molar-refractivity contribution is -0.144. The van der Waals surface area contributed by atoms with E-state index in [1.54, 1.807) is 11.0 Å². The number of benzene rings is 1. The second-order valence-corrected chi connectivity index (χ2v) is 5.06. The number of carbonyl (C=O) groups excluding carboxylic acids is 2. The minimum Gasteiger partial charge on any atom is -0.480 e. The average Bonchev–Trinajstić information content (AvgIpc) is 2.81. The van der Waals surface area contributed by atoms with Crippen molar-refractivity contribution in [3.05, 3.63) is 35.4 Å².